The van der Waals surface area contributed by atoms with Crippen molar-refractivity contribution in [3.63, 3.8) is 0 Å². The number of allylic oxidation sites excluding steroid dienone is 2. The molecular weight excluding hydrogens is 621 g/mol. The molecule has 1 aromatic rings. The van der Waals surface area contributed by atoms with Crippen LogP contribution in [0.5, 0.6) is 11.5 Å². The van der Waals surface area contributed by atoms with Crippen LogP contribution in [0.3, 0.4) is 0 Å². The number of fused-ring (bicyclic) bond motifs is 2. The van der Waals surface area contributed by atoms with Crippen LogP contribution in [-0.2, 0) is 46.0 Å². The molecule has 0 aromatic heterocycles. The van der Waals surface area contributed by atoms with Crippen LogP contribution in [-0.4, -0.2) is 60.3 Å². The maximum absolute atomic E-state index is 13.4. The first kappa shape index (κ1) is 34.8. The zero-order valence-corrected chi connectivity index (χ0v) is 28.2. The quantitative estimate of drug-likeness (QED) is 0.118. The molecule has 2 aliphatic carbocycles. The maximum atomic E-state index is 13.4. The highest BCUT2D eigenvalue weighted by atomic mass is 32.2. The Morgan fingerprint density at radius 3 is 2.34 bits per heavy atom. The van der Waals surface area contributed by atoms with Crippen molar-refractivity contribution >= 4 is 18.4 Å². The summed E-state index contributed by atoms with van der Waals surface area (Å²) in [6, 6.07) is 3.03. The fourth-order valence-electron chi connectivity index (χ4n) is 5.90. The molecule has 9 nitrogen and oxygen atoms in total. The number of hydrogen-bond acceptors (Lipinski definition) is 9. The van der Waals surface area contributed by atoms with Crippen LogP contribution in [0.1, 0.15) is 64.5 Å². The summed E-state index contributed by atoms with van der Waals surface area (Å²) in [5, 5.41) is 10.5. The average Bonchev–Trinajstić information content (AvgIpc) is 3.50. The Hall–Kier alpha value is -2.10. The zero-order chi connectivity index (χ0) is 32.8. The number of halogens is 3. The highest BCUT2D eigenvalue weighted by Gasteiger charge is 2.60. The van der Waals surface area contributed by atoms with E-state index in [9.17, 15) is 26.7 Å². The van der Waals surface area contributed by atoms with Crippen molar-refractivity contribution in [3.8, 4) is 11.5 Å². The van der Waals surface area contributed by atoms with E-state index in [0.717, 1.165) is 5.57 Å². The number of rotatable bonds is 11. The van der Waals surface area contributed by atoms with Gasteiger partial charge in [-0.15, -0.1) is 0 Å². The summed E-state index contributed by atoms with van der Waals surface area (Å²) in [6.07, 6.45) is 2.80. The minimum absolute atomic E-state index is 0.0763. The molecule has 44 heavy (non-hydrogen) atoms. The number of hydrogen-bond donors (Lipinski definition) is 1. The molecule has 3 aliphatic rings. The first-order valence-corrected chi connectivity index (χ1v) is 18.9. The van der Waals surface area contributed by atoms with E-state index in [2.05, 4.69) is 33.9 Å². The van der Waals surface area contributed by atoms with Gasteiger partial charge in [-0.05, 0) is 67.1 Å². The molecule has 248 valence electrons. The van der Waals surface area contributed by atoms with Gasteiger partial charge in [0.1, 0.15) is 17.3 Å². The lowest BCUT2D eigenvalue weighted by molar-refractivity contribution is -0.208. The third kappa shape index (κ3) is 6.56. The van der Waals surface area contributed by atoms with Gasteiger partial charge in [0.25, 0.3) is 0 Å². The van der Waals surface area contributed by atoms with Gasteiger partial charge in [-0.25, -0.2) is 0 Å². The number of aryl methyl sites for hydroxylation is 1. The monoisotopic (exact) mass is 664 g/mol. The van der Waals surface area contributed by atoms with Crippen LogP contribution in [0.15, 0.2) is 35.1 Å². The molecule has 0 radical (unpaired) electrons. The molecule has 1 spiro atoms. The van der Waals surface area contributed by atoms with Crippen molar-refractivity contribution in [2.45, 2.75) is 95.8 Å². The number of benzene rings is 1. The van der Waals surface area contributed by atoms with E-state index in [1.807, 2.05) is 6.92 Å². The van der Waals surface area contributed by atoms with E-state index in [4.69, 9.17) is 27.6 Å². The molecule has 1 N–H and O–H groups in total. The highest BCUT2D eigenvalue weighted by Crippen LogP contribution is 2.60. The summed E-state index contributed by atoms with van der Waals surface area (Å²) in [6.45, 7) is 13.3. The predicted octanol–water partition coefficient (Wildman–Crippen LogP) is 6.82. The van der Waals surface area contributed by atoms with Gasteiger partial charge in [0.05, 0.1) is 19.8 Å². The van der Waals surface area contributed by atoms with Gasteiger partial charge in [0, 0.05) is 30.6 Å². The van der Waals surface area contributed by atoms with Crippen LogP contribution in [0.2, 0.25) is 18.1 Å². The second-order valence-corrected chi connectivity index (χ2v) is 19.5. The molecule has 4 rings (SSSR count). The molecule has 1 aliphatic heterocycles. The summed E-state index contributed by atoms with van der Waals surface area (Å²) in [4.78, 5) is 0. The van der Waals surface area contributed by atoms with Crippen molar-refractivity contribution < 1.29 is 54.3 Å². The summed E-state index contributed by atoms with van der Waals surface area (Å²) < 4.78 is 98.7. The molecule has 0 bridgehead atoms. The van der Waals surface area contributed by atoms with Crippen molar-refractivity contribution in [2.75, 3.05) is 27.1 Å². The summed E-state index contributed by atoms with van der Waals surface area (Å²) >= 11 is 0. The van der Waals surface area contributed by atoms with E-state index in [1.165, 1.54) is 19.3 Å². The van der Waals surface area contributed by atoms with Gasteiger partial charge in [-0.2, -0.15) is 21.6 Å². The smallest absolute Gasteiger partial charge is 0.508 e. The Morgan fingerprint density at radius 2 is 1.75 bits per heavy atom. The zero-order valence-electron chi connectivity index (χ0n) is 26.4. The molecule has 2 fully saturated rings. The Morgan fingerprint density at radius 1 is 1.09 bits per heavy atom. The van der Waals surface area contributed by atoms with Gasteiger partial charge in [-0.1, -0.05) is 33.3 Å². The molecule has 14 heteroatoms. The predicted molar refractivity (Wildman–Crippen MR) is 159 cm³/mol. The normalized spacial score (nSPS) is 22.4. The van der Waals surface area contributed by atoms with Gasteiger partial charge in [0.15, 0.2) is 20.9 Å². The van der Waals surface area contributed by atoms with E-state index < -0.39 is 35.1 Å². The SMILES string of the molecule is COCOc1cc(O)cc(CCC2=C3CCC4(OCCO4)[C@@]3(C)CC=C2OS(=O)(=O)C(F)(F)F)c1CO[Si](C)(C)C(C)(C)C. The van der Waals surface area contributed by atoms with Gasteiger partial charge >= 0.3 is 15.6 Å². The van der Waals surface area contributed by atoms with E-state index >= 15 is 0 Å². The molecule has 0 unspecified atom stereocenters. The fraction of sp³-hybridized carbons (Fsp3) is 0.667. The van der Waals surface area contributed by atoms with Crippen LogP contribution < -0.4 is 4.74 Å². The van der Waals surface area contributed by atoms with Crippen molar-refractivity contribution in [2.24, 2.45) is 5.41 Å². The third-order valence-corrected chi connectivity index (χ3v) is 14.9. The Balaban J connectivity index is 1.74. The van der Waals surface area contributed by atoms with Crippen molar-refractivity contribution in [1.29, 1.82) is 0 Å². The third-order valence-electron chi connectivity index (χ3n) is 9.45. The molecule has 1 atom stereocenters. The molecule has 1 saturated heterocycles. The first-order valence-electron chi connectivity index (χ1n) is 14.6. The topological polar surface area (TPSA) is 110 Å². The molecule has 1 heterocycles. The highest BCUT2D eigenvalue weighted by molar-refractivity contribution is 7.87. The molecule has 1 saturated carbocycles. The van der Waals surface area contributed by atoms with Gasteiger partial charge in [-0.3, -0.25) is 0 Å². The second kappa shape index (κ2) is 12.3. The van der Waals surface area contributed by atoms with E-state index in [0.29, 0.717) is 48.5 Å². The number of alkyl halides is 3. The lowest BCUT2D eigenvalue weighted by Crippen LogP contribution is -2.44. The number of aromatic hydroxyl groups is 1. The molecule has 1 aromatic carbocycles. The molecular formula is C30H43F3O9SSi. The number of phenols is 1. The minimum Gasteiger partial charge on any atom is -0.508 e. The van der Waals surface area contributed by atoms with Gasteiger partial charge < -0.3 is 32.7 Å². The minimum atomic E-state index is -5.91. The largest absolute Gasteiger partial charge is 0.534 e. The van der Waals surface area contributed by atoms with Gasteiger partial charge in [0.2, 0.25) is 0 Å². The summed E-state index contributed by atoms with van der Waals surface area (Å²) in [5.41, 5.74) is -3.94. The second-order valence-electron chi connectivity index (χ2n) is 13.2. The summed E-state index contributed by atoms with van der Waals surface area (Å²) in [5.74, 6) is -1.02. The van der Waals surface area contributed by atoms with Crippen LogP contribution in [0, 0.1) is 5.41 Å². The number of phenolic OH excluding ortho intramolecular Hbond substituents is 1. The maximum Gasteiger partial charge on any atom is 0.534 e. The summed E-state index contributed by atoms with van der Waals surface area (Å²) in [7, 11) is -6.67. The van der Waals surface area contributed by atoms with E-state index in [1.54, 1.807) is 6.07 Å². The van der Waals surface area contributed by atoms with Crippen LogP contribution in [0.4, 0.5) is 13.2 Å². The number of methoxy groups -OCH3 is 1. The Labute approximate surface area is 258 Å². The van der Waals surface area contributed by atoms with Crippen molar-refractivity contribution in [3.05, 3.63) is 46.2 Å². The average molecular weight is 665 g/mol. The first-order chi connectivity index (χ1) is 20.3. The number of ether oxygens (including phenoxy) is 4. The standard InChI is InChI=1S/C30H43F3O9SSi/c1-27(2,3)44(6,7)41-18-23-20(16-21(34)17-26(23)38-19-37-5)8-9-22-24-10-13-29(39-14-15-40-29)28(24,4)12-11-25(22)42-43(35,36)30(31,32)33/h11,16-17,34H,8-10,12-15,18-19H2,1-7H3/t28-/m0/s1. The lowest BCUT2D eigenvalue weighted by atomic mass is 9.71. The van der Waals surface area contributed by atoms with E-state index in [-0.39, 0.29) is 49.2 Å². The van der Waals surface area contributed by atoms with Crippen LogP contribution >= 0.6 is 0 Å². The van der Waals surface area contributed by atoms with Crippen LogP contribution in [0.25, 0.3) is 0 Å². The molecule has 0 amide bonds. The Kier molecular flexibility index (Phi) is 9.68. The lowest BCUT2D eigenvalue weighted by Gasteiger charge is -2.42. The van der Waals surface area contributed by atoms with Crippen molar-refractivity contribution in [1.82, 2.24) is 0 Å². The Bertz CT molecular complexity index is 1410. The fourth-order valence-corrected chi connectivity index (χ4v) is 7.34.